The van der Waals surface area contributed by atoms with Crippen LogP contribution in [0, 0.1) is 0 Å². The van der Waals surface area contributed by atoms with E-state index in [0.29, 0.717) is 25.2 Å². The van der Waals surface area contributed by atoms with E-state index in [2.05, 4.69) is 9.72 Å². The van der Waals surface area contributed by atoms with Gasteiger partial charge in [0.25, 0.3) is 0 Å². The SMILES string of the molecule is CCn1c(CN(C)Cc2cccc(OC(F)F)c2)nc2cc(S(=O)(=O)N(C)C)ccc21. The van der Waals surface area contributed by atoms with Crippen molar-refractivity contribution in [3.05, 3.63) is 53.9 Å². The highest BCUT2D eigenvalue weighted by Crippen LogP contribution is 2.23. The van der Waals surface area contributed by atoms with Gasteiger partial charge in [-0.1, -0.05) is 12.1 Å². The summed E-state index contributed by atoms with van der Waals surface area (Å²) in [6.07, 6.45) is 0. The molecular formula is C21H26F2N4O3S. The van der Waals surface area contributed by atoms with Crippen molar-refractivity contribution in [2.45, 2.75) is 38.1 Å². The summed E-state index contributed by atoms with van der Waals surface area (Å²) in [5, 5.41) is 0. The molecule has 10 heteroatoms. The van der Waals surface area contributed by atoms with E-state index < -0.39 is 16.6 Å². The van der Waals surface area contributed by atoms with Crippen LogP contribution in [-0.4, -0.2) is 54.9 Å². The number of alkyl halides is 2. The molecule has 0 atom stereocenters. The Balaban J connectivity index is 1.84. The summed E-state index contributed by atoms with van der Waals surface area (Å²) in [7, 11) is 1.34. The van der Waals surface area contributed by atoms with Crippen molar-refractivity contribution in [3.8, 4) is 5.75 Å². The van der Waals surface area contributed by atoms with Crippen molar-refractivity contribution < 1.29 is 21.9 Å². The number of sulfonamides is 1. The third-order valence-electron chi connectivity index (χ3n) is 4.88. The highest BCUT2D eigenvalue weighted by Gasteiger charge is 2.20. The van der Waals surface area contributed by atoms with Crippen molar-refractivity contribution in [2.24, 2.45) is 0 Å². The number of benzene rings is 2. The largest absolute Gasteiger partial charge is 0.435 e. The van der Waals surface area contributed by atoms with Crippen molar-refractivity contribution >= 4 is 21.1 Å². The van der Waals surface area contributed by atoms with Gasteiger partial charge < -0.3 is 9.30 Å². The number of aromatic nitrogens is 2. The molecule has 0 aliphatic carbocycles. The molecule has 0 spiro atoms. The standard InChI is InChI=1S/C21H26F2N4O3S/c1-5-27-19-10-9-17(31(28,29)25(2)3)12-18(19)24-20(27)14-26(4)13-15-7-6-8-16(11-15)30-21(22)23/h6-12,21H,5,13-14H2,1-4H3. The third-order valence-corrected chi connectivity index (χ3v) is 6.69. The molecule has 3 rings (SSSR count). The molecule has 0 amide bonds. The summed E-state index contributed by atoms with van der Waals surface area (Å²) < 4.78 is 57.4. The Kier molecular flexibility index (Phi) is 6.93. The predicted molar refractivity (Wildman–Crippen MR) is 115 cm³/mol. The molecule has 7 nitrogen and oxygen atoms in total. The normalized spacial score (nSPS) is 12.4. The number of hydrogen-bond acceptors (Lipinski definition) is 5. The first-order chi connectivity index (χ1) is 14.6. The van der Waals surface area contributed by atoms with Gasteiger partial charge in [0.2, 0.25) is 10.0 Å². The molecule has 1 heterocycles. The fourth-order valence-corrected chi connectivity index (χ4v) is 4.36. The van der Waals surface area contributed by atoms with E-state index in [1.807, 2.05) is 29.5 Å². The lowest BCUT2D eigenvalue weighted by Gasteiger charge is -2.17. The summed E-state index contributed by atoms with van der Waals surface area (Å²) in [6, 6.07) is 11.6. The Bertz CT molecular complexity index is 1160. The number of imidazole rings is 1. The smallest absolute Gasteiger partial charge is 0.387 e. The quantitative estimate of drug-likeness (QED) is 0.497. The Hall–Kier alpha value is -2.56. The van der Waals surface area contributed by atoms with Gasteiger partial charge in [0.15, 0.2) is 0 Å². The molecule has 168 valence electrons. The number of nitrogens with zero attached hydrogens (tertiary/aromatic N) is 4. The van der Waals surface area contributed by atoms with Crippen LogP contribution < -0.4 is 4.74 Å². The van der Waals surface area contributed by atoms with Gasteiger partial charge in [0, 0.05) is 27.2 Å². The zero-order chi connectivity index (χ0) is 22.8. The Morgan fingerprint density at radius 1 is 1.10 bits per heavy atom. The van der Waals surface area contributed by atoms with E-state index in [1.165, 1.54) is 24.5 Å². The molecule has 0 aliphatic heterocycles. The Labute approximate surface area is 180 Å². The molecule has 0 saturated carbocycles. The van der Waals surface area contributed by atoms with E-state index in [9.17, 15) is 17.2 Å². The zero-order valence-electron chi connectivity index (χ0n) is 17.9. The maximum atomic E-state index is 12.4. The summed E-state index contributed by atoms with van der Waals surface area (Å²) in [6.45, 7) is 0.821. The van der Waals surface area contributed by atoms with Crippen LogP contribution in [-0.2, 0) is 29.7 Å². The van der Waals surface area contributed by atoms with E-state index >= 15 is 0 Å². The second-order valence-corrected chi connectivity index (χ2v) is 9.56. The molecule has 0 saturated heterocycles. The van der Waals surface area contributed by atoms with Gasteiger partial charge >= 0.3 is 6.61 Å². The molecule has 0 aliphatic rings. The van der Waals surface area contributed by atoms with E-state index in [1.54, 1.807) is 30.3 Å². The summed E-state index contributed by atoms with van der Waals surface area (Å²) in [5.74, 6) is 0.913. The number of hydrogen-bond donors (Lipinski definition) is 0. The van der Waals surface area contributed by atoms with E-state index in [-0.39, 0.29) is 10.6 Å². The number of ether oxygens (including phenoxy) is 1. The molecule has 0 radical (unpaired) electrons. The van der Waals surface area contributed by atoms with Crippen LogP contribution in [0.5, 0.6) is 5.75 Å². The van der Waals surface area contributed by atoms with Crippen molar-refractivity contribution in [3.63, 3.8) is 0 Å². The summed E-state index contributed by atoms with van der Waals surface area (Å²) in [4.78, 5) is 6.87. The van der Waals surface area contributed by atoms with Crippen LogP contribution in [0.3, 0.4) is 0 Å². The average Bonchev–Trinajstić information content (AvgIpc) is 3.03. The maximum Gasteiger partial charge on any atom is 0.387 e. The predicted octanol–water partition coefficient (Wildman–Crippen LogP) is 3.54. The van der Waals surface area contributed by atoms with Crippen LogP contribution in [0.25, 0.3) is 11.0 Å². The minimum Gasteiger partial charge on any atom is -0.435 e. The first-order valence-corrected chi connectivity index (χ1v) is 11.2. The second-order valence-electron chi connectivity index (χ2n) is 7.41. The summed E-state index contributed by atoms with van der Waals surface area (Å²) >= 11 is 0. The van der Waals surface area contributed by atoms with E-state index in [4.69, 9.17) is 0 Å². The fourth-order valence-electron chi connectivity index (χ4n) is 3.43. The molecule has 0 unspecified atom stereocenters. The van der Waals surface area contributed by atoms with Gasteiger partial charge in [-0.15, -0.1) is 0 Å². The Morgan fingerprint density at radius 2 is 1.84 bits per heavy atom. The molecule has 0 bridgehead atoms. The lowest BCUT2D eigenvalue weighted by molar-refractivity contribution is -0.0499. The van der Waals surface area contributed by atoms with Crippen molar-refractivity contribution in [1.29, 1.82) is 0 Å². The molecule has 31 heavy (non-hydrogen) atoms. The molecule has 0 fully saturated rings. The molecule has 1 aromatic heterocycles. The molecule has 3 aromatic rings. The highest BCUT2D eigenvalue weighted by atomic mass is 32.2. The Morgan fingerprint density at radius 3 is 2.48 bits per heavy atom. The highest BCUT2D eigenvalue weighted by molar-refractivity contribution is 7.89. The minimum absolute atomic E-state index is 0.122. The van der Waals surface area contributed by atoms with E-state index in [0.717, 1.165) is 16.9 Å². The van der Waals surface area contributed by atoms with Gasteiger partial charge in [-0.2, -0.15) is 8.78 Å². The van der Waals surface area contributed by atoms with Crippen LogP contribution in [0.2, 0.25) is 0 Å². The maximum absolute atomic E-state index is 12.4. The fraction of sp³-hybridized carbons (Fsp3) is 0.381. The van der Waals surface area contributed by atoms with Gasteiger partial charge in [0.05, 0.1) is 22.5 Å². The topological polar surface area (TPSA) is 67.7 Å². The summed E-state index contributed by atoms with van der Waals surface area (Å²) in [5.41, 5.74) is 2.30. The van der Waals surface area contributed by atoms with Gasteiger partial charge in [0.1, 0.15) is 11.6 Å². The number of fused-ring (bicyclic) bond motifs is 1. The van der Waals surface area contributed by atoms with Crippen LogP contribution in [0.15, 0.2) is 47.4 Å². The van der Waals surface area contributed by atoms with Crippen molar-refractivity contribution in [2.75, 3.05) is 21.1 Å². The molecular weight excluding hydrogens is 426 g/mol. The van der Waals surface area contributed by atoms with Crippen LogP contribution in [0.4, 0.5) is 8.78 Å². The number of aryl methyl sites for hydroxylation is 1. The minimum atomic E-state index is -3.55. The zero-order valence-corrected chi connectivity index (χ0v) is 18.7. The lowest BCUT2D eigenvalue weighted by Crippen LogP contribution is -2.22. The van der Waals surface area contributed by atoms with Crippen LogP contribution >= 0.6 is 0 Å². The third kappa shape index (κ3) is 5.20. The van der Waals surface area contributed by atoms with Crippen molar-refractivity contribution in [1.82, 2.24) is 18.8 Å². The second kappa shape index (κ2) is 9.29. The van der Waals surface area contributed by atoms with Gasteiger partial charge in [-0.25, -0.2) is 17.7 Å². The monoisotopic (exact) mass is 452 g/mol. The number of halogens is 2. The molecule has 0 N–H and O–H groups in total. The lowest BCUT2D eigenvalue weighted by atomic mass is 10.2. The number of rotatable bonds is 9. The van der Waals surface area contributed by atoms with Gasteiger partial charge in [-0.05, 0) is 49.9 Å². The average molecular weight is 453 g/mol. The van der Waals surface area contributed by atoms with Gasteiger partial charge in [-0.3, -0.25) is 4.90 Å². The first-order valence-electron chi connectivity index (χ1n) is 9.75. The molecule has 2 aromatic carbocycles. The van der Waals surface area contributed by atoms with Crippen LogP contribution in [0.1, 0.15) is 18.3 Å². The first kappa shape index (κ1) is 23.1.